The fourth-order valence-corrected chi connectivity index (χ4v) is 5.98. The van der Waals surface area contributed by atoms with E-state index in [2.05, 4.69) is 0 Å². The predicted molar refractivity (Wildman–Crippen MR) is 143 cm³/mol. The third kappa shape index (κ3) is 6.34. The van der Waals surface area contributed by atoms with E-state index in [0.29, 0.717) is 44.7 Å². The molecule has 2 aliphatic rings. The molecule has 0 bridgehead atoms. The number of unbranched alkanes of at least 4 members (excludes halogenated alkanes) is 1. The van der Waals surface area contributed by atoms with Crippen molar-refractivity contribution in [3.05, 3.63) is 59.7 Å². The zero-order chi connectivity index (χ0) is 26.4. The van der Waals surface area contributed by atoms with E-state index in [9.17, 15) is 15.0 Å². The average Bonchev–Trinajstić information content (AvgIpc) is 3.25. The standard InChI is InChI=1S/C30H42N2O5/c1-21-10-3-5-13-27(21)37-28-14-6-4-12-24(28)30(35,15-7-8-17-36-2)23-11-9-16-32(20-23)29(34)22-18-25(31)26(33)19-22/h3-6,10,12-14,22-23,25-26,33,35H,7-9,11,15-20,31H2,1-2H3/t22-,23+,25+,26?,30-/m0/s1. The van der Waals surface area contributed by atoms with Crippen molar-refractivity contribution in [1.29, 1.82) is 0 Å². The van der Waals surface area contributed by atoms with Gasteiger partial charge in [0.05, 0.1) is 11.7 Å². The highest BCUT2D eigenvalue weighted by Gasteiger charge is 2.44. The number of aryl methyl sites for hydroxylation is 1. The van der Waals surface area contributed by atoms with Crippen molar-refractivity contribution >= 4 is 5.91 Å². The number of likely N-dealkylation sites (tertiary alicyclic amines) is 1. The normalized spacial score (nSPS) is 25.6. The van der Waals surface area contributed by atoms with Gasteiger partial charge in [-0.1, -0.05) is 36.4 Å². The number of amides is 1. The molecule has 0 radical (unpaired) electrons. The Balaban J connectivity index is 1.61. The number of piperidine rings is 1. The van der Waals surface area contributed by atoms with E-state index >= 15 is 0 Å². The van der Waals surface area contributed by atoms with Crippen LogP contribution in [0.3, 0.4) is 0 Å². The molecule has 1 unspecified atom stereocenters. The molecular weight excluding hydrogens is 468 g/mol. The minimum absolute atomic E-state index is 0.0443. The number of carbonyl (C=O) groups excluding carboxylic acids is 1. The number of methoxy groups -OCH3 is 1. The van der Waals surface area contributed by atoms with Crippen LogP contribution in [0.15, 0.2) is 48.5 Å². The molecule has 2 aromatic carbocycles. The Kier molecular flexibility index (Phi) is 9.24. The van der Waals surface area contributed by atoms with Crippen LogP contribution in [-0.2, 0) is 15.1 Å². The van der Waals surface area contributed by atoms with E-state index in [0.717, 1.165) is 42.6 Å². The molecule has 4 rings (SSSR count). The summed E-state index contributed by atoms with van der Waals surface area (Å²) in [6, 6.07) is 15.2. The van der Waals surface area contributed by atoms with Gasteiger partial charge in [-0.2, -0.15) is 0 Å². The van der Waals surface area contributed by atoms with Crippen molar-refractivity contribution in [3.63, 3.8) is 0 Å². The highest BCUT2D eigenvalue weighted by atomic mass is 16.5. The van der Waals surface area contributed by atoms with Gasteiger partial charge >= 0.3 is 0 Å². The molecule has 1 amide bonds. The average molecular weight is 511 g/mol. The van der Waals surface area contributed by atoms with Crippen LogP contribution < -0.4 is 10.5 Å². The van der Waals surface area contributed by atoms with E-state index in [-0.39, 0.29) is 23.8 Å². The number of nitrogens with two attached hydrogens (primary N) is 1. The lowest BCUT2D eigenvalue weighted by Gasteiger charge is -2.44. The first kappa shape index (κ1) is 27.6. The fourth-order valence-electron chi connectivity index (χ4n) is 5.98. The monoisotopic (exact) mass is 510 g/mol. The maximum absolute atomic E-state index is 13.4. The number of hydrogen-bond acceptors (Lipinski definition) is 6. The Labute approximate surface area is 220 Å². The molecule has 0 aromatic heterocycles. The maximum Gasteiger partial charge on any atom is 0.225 e. The Hall–Kier alpha value is -2.45. The van der Waals surface area contributed by atoms with Gasteiger partial charge in [-0.15, -0.1) is 0 Å². The van der Waals surface area contributed by atoms with Gasteiger partial charge in [0.15, 0.2) is 0 Å². The van der Waals surface area contributed by atoms with Crippen LogP contribution in [-0.4, -0.2) is 60.0 Å². The third-order valence-corrected chi connectivity index (χ3v) is 8.16. The number of ether oxygens (including phenoxy) is 2. The fraction of sp³-hybridized carbons (Fsp3) is 0.567. The van der Waals surface area contributed by atoms with Gasteiger partial charge in [0.2, 0.25) is 5.91 Å². The molecule has 1 heterocycles. The summed E-state index contributed by atoms with van der Waals surface area (Å²) in [6.07, 6.45) is 4.10. The zero-order valence-electron chi connectivity index (χ0n) is 22.1. The lowest BCUT2D eigenvalue weighted by atomic mass is 9.73. The van der Waals surface area contributed by atoms with Gasteiger partial charge in [-0.25, -0.2) is 0 Å². The molecule has 0 spiro atoms. The molecule has 4 N–H and O–H groups in total. The number of aliphatic hydroxyl groups excluding tert-OH is 1. The van der Waals surface area contributed by atoms with Crippen LogP contribution in [0.2, 0.25) is 0 Å². The van der Waals surface area contributed by atoms with Crippen molar-refractivity contribution in [1.82, 2.24) is 4.90 Å². The minimum atomic E-state index is -1.17. The number of carbonyl (C=O) groups is 1. The smallest absolute Gasteiger partial charge is 0.225 e. The number of aliphatic hydroxyl groups is 2. The minimum Gasteiger partial charge on any atom is -0.457 e. The van der Waals surface area contributed by atoms with Gasteiger partial charge in [-0.3, -0.25) is 4.79 Å². The Morgan fingerprint density at radius 1 is 1.11 bits per heavy atom. The number of hydrogen-bond donors (Lipinski definition) is 3. The number of para-hydroxylation sites is 2. The van der Waals surface area contributed by atoms with E-state index in [1.807, 2.05) is 60.4 Å². The third-order valence-electron chi connectivity index (χ3n) is 8.16. The second-order valence-electron chi connectivity index (χ2n) is 10.8. The highest BCUT2D eigenvalue weighted by molar-refractivity contribution is 5.79. The van der Waals surface area contributed by atoms with Crippen molar-refractivity contribution in [2.75, 3.05) is 26.8 Å². The molecule has 202 valence electrons. The van der Waals surface area contributed by atoms with Crippen LogP contribution in [0.4, 0.5) is 0 Å². The molecular formula is C30H42N2O5. The molecule has 5 atom stereocenters. The van der Waals surface area contributed by atoms with Crippen molar-refractivity contribution in [2.24, 2.45) is 17.6 Å². The molecule has 7 nitrogen and oxygen atoms in total. The SMILES string of the molecule is COCCCC[C@@](O)(c1ccccc1Oc1ccccc1C)[C@@H]1CCCN(C(=O)[C@@H]2CC(O)[C@H](N)C2)C1. The van der Waals surface area contributed by atoms with Crippen LogP contribution in [0.5, 0.6) is 11.5 Å². The van der Waals surface area contributed by atoms with Gasteiger partial charge in [0, 0.05) is 50.2 Å². The first-order valence-corrected chi connectivity index (χ1v) is 13.6. The molecule has 2 fully saturated rings. The van der Waals surface area contributed by atoms with Crippen LogP contribution in [0.25, 0.3) is 0 Å². The molecule has 1 aliphatic heterocycles. The quantitative estimate of drug-likeness (QED) is 0.415. The number of rotatable bonds is 10. The Morgan fingerprint density at radius 2 is 1.84 bits per heavy atom. The Bertz CT molecular complexity index is 1040. The lowest BCUT2D eigenvalue weighted by Crippen LogP contribution is -2.49. The molecule has 1 saturated heterocycles. The number of nitrogens with zero attached hydrogens (tertiary/aromatic N) is 1. The largest absolute Gasteiger partial charge is 0.457 e. The highest BCUT2D eigenvalue weighted by Crippen LogP contribution is 2.45. The topological polar surface area (TPSA) is 105 Å². The summed E-state index contributed by atoms with van der Waals surface area (Å²) >= 11 is 0. The number of benzene rings is 2. The van der Waals surface area contributed by atoms with Crippen molar-refractivity contribution < 1.29 is 24.5 Å². The zero-order valence-corrected chi connectivity index (χ0v) is 22.1. The molecule has 7 heteroatoms. The van der Waals surface area contributed by atoms with Gasteiger partial charge in [0.25, 0.3) is 0 Å². The summed E-state index contributed by atoms with van der Waals surface area (Å²) in [7, 11) is 1.69. The summed E-state index contributed by atoms with van der Waals surface area (Å²) < 4.78 is 11.6. The Morgan fingerprint density at radius 3 is 2.54 bits per heavy atom. The summed E-state index contributed by atoms with van der Waals surface area (Å²) in [5.41, 5.74) is 6.60. The first-order valence-electron chi connectivity index (χ1n) is 13.6. The van der Waals surface area contributed by atoms with Crippen molar-refractivity contribution in [3.8, 4) is 11.5 Å². The summed E-state index contributed by atoms with van der Waals surface area (Å²) in [5.74, 6) is 1.04. The van der Waals surface area contributed by atoms with Crippen LogP contribution in [0, 0.1) is 18.8 Å². The summed E-state index contributed by atoms with van der Waals surface area (Å²) in [4.78, 5) is 15.3. The van der Waals surface area contributed by atoms with Gasteiger partial charge in [0.1, 0.15) is 11.5 Å². The van der Waals surface area contributed by atoms with Crippen LogP contribution in [0.1, 0.15) is 56.1 Å². The molecule has 1 aliphatic carbocycles. The predicted octanol–water partition coefficient (Wildman–Crippen LogP) is 4.13. The van der Waals surface area contributed by atoms with Gasteiger partial charge in [-0.05, 0) is 69.6 Å². The van der Waals surface area contributed by atoms with E-state index in [4.69, 9.17) is 15.2 Å². The van der Waals surface area contributed by atoms with Gasteiger partial charge < -0.3 is 30.3 Å². The van der Waals surface area contributed by atoms with E-state index in [1.165, 1.54) is 0 Å². The molecule has 2 aromatic rings. The summed E-state index contributed by atoms with van der Waals surface area (Å²) in [5, 5.41) is 22.6. The second kappa shape index (κ2) is 12.4. The second-order valence-corrected chi connectivity index (χ2v) is 10.8. The lowest BCUT2D eigenvalue weighted by molar-refractivity contribution is -0.141. The van der Waals surface area contributed by atoms with E-state index in [1.54, 1.807) is 7.11 Å². The van der Waals surface area contributed by atoms with Crippen LogP contribution >= 0.6 is 0 Å². The molecule has 1 saturated carbocycles. The first-order chi connectivity index (χ1) is 17.8. The van der Waals surface area contributed by atoms with E-state index < -0.39 is 11.7 Å². The molecule has 37 heavy (non-hydrogen) atoms. The van der Waals surface area contributed by atoms with Crippen molar-refractivity contribution in [2.45, 2.75) is 69.6 Å². The summed E-state index contributed by atoms with van der Waals surface area (Å²) in [6.45, 7) is 3.78. The maximum atomic E-state index is 13.4.